The molecule has 0 unspecified atom stereocenters. The third kappa shape index (κ3) is 4.18. The SMILES string of the molecule is Cc1cccc(N/N=C(\C#N)c2nc(-c3ccc(Cl)c(Cl)c3)cs2)c1. The highest BCUT2D eigenvalue weighted by Gasteiger charge is 2.11. The molecule has 0 aliphatic carbocycles. The Morgan fingerprint density at radius 3 is 2.76 bits per heavy atom. The normalized spacial score (nSPS) is 11.2. The fourth-order valence-corrected chi connectivity index (χ4v) is 3.19. The first-order valence-corrected chi connectivity index (χ1v) is 8.92. The topological polar surface area (TPSA) is 61.1 Å². The first kappa shape index (κ1) is 17.4. The molecule has 3 aromatic rings. The summed E-state index contributed by atoms with van der Waals surface area (Å²) in [6, 6.07) is 15.1. The van der Waals surface area contributed by atoms with Crippen LogP contribution in [0.4, 0.5) is 5.69 Å². The summed E-state index contributed by atoms with van der Waals surface area (Å²) in [7, 11) is 0. The van der Waals surface area contributed by atoms with Gasteiger partial charge in [0.1, 0.15) is 6.07 Å². The average Bonchev–Trinajstić information content (AvgIpc) is 3.08. The van der Waals surface area contributed by atoms with E-state index in [1.807, 2.05) is 42.6 Å². The number of nitrogens with one attached hydrogen (secondary N) is 1. The molecule has 124 valence electrons. The standard InChI is InChI=1S/C18H12Cl2N4S/c1-11-3-2-4-13(7-11)23-24-16(9-21)18-22-17(10-25-18)12-5-6-14(19)15(20)8-12/h2-8,10,23H,1H3/b24-16+. The number of nitriles is 1. The van der Waals surface area contributed by atoms with Gasteiger partial charge in [-0.3, -0.25) is 5.43 Å². The number of thiazole rings is 1. The third-order valence-electron chi connectivity index (χ3n) is 3.34. The number of nitrogens with zero attached hydrogens (tertiary/aromatic N) is 3. The van der Waals surface area contributed by atoms with Crippen molar-refractivity contribution in [3.05, 3.63) is 68.5 Å². The molecule has 0 radical (unpaired) electrons. The predicted molar refractivity (Wildman–Crippen MR) is 105 cm³/mol. The maximum Gasteiger partial charge on any atom is 0.196 e. The minimum atomic E-state index is 0.220. The first-order valence-electron chi connectivity index (χ1n) is 7.28. The van der Waals surface area contributed by atoms with Crippen molar-refractivity contribution >= 4 is 45.9 Å². The molecule has 25 heavy (non-hydrogen) atoms. The Labute approximate surface area is 159 Å². The third-order valence-corrected chi connectivity index (χ3v) is 4.93. The summed E-state index contributed by atoms with van der Waals surface area (Å²) in [4.78, 5) is 4.48. The summed E-state index contributed by atoms with van der Waals surface area (Å²) in [6.45, 7) is 1.99. The number of hydrogen-bond acceptors (Lipinski definition) is 5. The summed E-state index contributed by atoms with van der Waals surface area (Å²) < 4.78 is 0. The Kier molecular flexibility index (Phi) is 5.34. The van der Waals surface area contributed by atoms with Crippen molar-refractivity contribution in [2.45, 2.75) is 6.92 Å². The molecule has 7 heteroatoms. The van der Waals surface area contributed by atoms with Crippen molar-refractivity contribution in [1.29, 1.82) is 5.26 Å². The number of anilines is 1. The minimum absolute atomic E-state index is 0.220. The fourth-order valence-electron chi connectivity index (χ4n) is 2.13. The Hall–Kier alpha value is -2.39. The molecule has 0 atom stereocenters. The van der Waals surface area contributed by atoms with E-state index in [2.05, 4.69) is 21.6 Å². The molecule has 0 spiro atoms. The lowest BCUT2D eigenvalue weighted by atomic mass is 10.2. The highest BCUT2D eigenvalue weighted by Crippen LogP contribution is 2.29. The van der Waals surface area contributed by atoms with Crippen LogP contribution >= 0.6 is 34.5 Å². The van der Waals surface area contributed by atoms with E-state index in [0.29, 0.717) is 15.1 Å². The van der Waals surface area contributed by atoms with Gasteiger partial charge in [-0.1, -0.05) is 41.4 Å². The van der Waals surface area contributed by atoms with Crippen molar-refractivity contribution in [3.63, 3.8) is 0 Å². The number of halogens is 2. The van der Waals surface area contributed by atoms with E-state index in [0.717, 1.165) is 22.5 Å². The molecular weight excluding hydrogens is 375 g/mol. The van der Waals surface area contributed by atoms with Crippen LogP contribution in [0, 0.1) is 18.3 Å². The Bertz CT molecular complexity index is 989. The lowest BCUT2D eigenvalue weighted by Crippen LogP contribution is -2.01. The van der Waals surface area contributed by atoms with E-state index >= 15 is 0 Å². The summed E-state index contributed by atoms with van der Waals surface area (Å²) in [5.74, 6) is 0. The lowest BCUT2D eigenvalue weighted by Gasteiger charge is -2.01. The van der Waals surface area contributed by atoms with E-state index in [9.17, 15) is 5.26 Å². The van der Waals surface area contributed by atoms with Gasteiger partial charge in [0.25, 0.3) is 0 Å². The molecule has 1 aromatic heterocycles. The summed E-state index contributed by atoms with van der Waals surface area (Å²) >= 11 is 13.3. The van der Waals surface area contributed by atoms with Gasteiger partial charge >= 0.3 is 0 Å². The van der Waals surface area contributed by atoms with Crippen LogP contribution in [0.5, 0.6) is 0 Å². The van der Waals surface area contributed by atoms with Crippen LogP contribution in [0.2, 0.25) is 10.0 Å². The molecule has 0 aliphatic heterocycles. The van der Waals surface area contributed by atoms with Crippen LogP contribution in [0.1, 0.15) is 10.6 Å². The number of benzene rings is 2. The highest BCUT2D eigenvalue weighted by molar-refractivity contribution is 7.12. The van der Waals surface area contributed by atoms with Crippen LogP contribution in [0.15, 0.2) is 52.9 Å². The Balaban J connectivity index is 1.85. The maximum absolute atomic E-state index is 9.38. The molecule has 3 rings (SSSR count). The molecule has 0 saturated carbocycles. The minimum Gasteiger partial charge on any atom is -0.277 e. The number of hydrogen-bond donors (Lipinski definition) is 1. The molecule has 0 fully saturated rings. The van der Waals surface area contributed by atoms with Crippen molar-refractivity contribution in [2.75, 3.05) is 5.43 Å². The Morgan fingerprint density at radius 1 is 1.20 bits per heavy atom. The fraction of sp³-hybridized carbons (Fsp3) is 0.0556. The van der Waals surface area contributed by atoms with Gasteiger partial charge in [-0.05, 0) is 36.8 Å². The predicted octanol–water partition coefficient (Wildman–Crippen LogP) is 5.77. The van der Waals surface area contributed by atoms with E-state index in [-0.39, 0.29) is 5.71 Å². The van der Waals surface area contributed by atoms with Gasteiger partial charge in [-0.2, -0.15) is 10.4 Å². The molecule has 4 nitrogen and oxygen atoms in total. The number of rotatable bonds is 4. The second-order valence-electron chi connectivity index (χ2n) is 5.22. The maximum atomic E-state index is 9.38. The van der Waals surface area contributed by atoms with Gasteiger partial charge in [0.2, 0.25) is 0 Å². The van der Waals surface area contributed by atoms with Gasteiger partial charge in [0.15, 0.2) is 10.7 Å². The van der Waals surface area contributed by atoms with E-state index in [4.69, 9.17) is 23.2 Å². The second-order valence-corrected chi connectivity index (χ2v) is 6.89. The van der Waals surface area contributed by atoms with Crippen LogP contribution in [0.3, 0.4) is 0 Å². The number of hydrazone groups is 1. The Morgan fingerprint density at radius 2 is 2.04 bits per heavy atom. The van der Waals surface area contributed by atoms with Crippen LogP contribution < -0.4 is 5.43 Å². The largest absolute Gasteiger partial charge is 0.277 e. The van der Waals surface area contributed by atoms with Crippen molar-refractivity contribution in [1.82, 2.24) is 4.98 Å². The van der Waals surface area contributed by atoms with E-state index in [1.165, 1.54) is 11.3 Å². The molecule has 0 bridgehead atoms. The monoisotopic (exact) mass is 386 g/mol. The number of aryl methyl sites for hydroxylation is 1. The van der Waals surface area contributed by atoms with Crippen LogP contribution in [0.25, 0.3) is 11.3 Å². The lowest BCUT2D eigenvalue weighted by molar-refractivity contribution is 1.30. The van der Waals surface area contributed by atoms with Gasteiger partial charge in [-0.25, -0.2) is 4.98 Å². The zero-order chi connectivity index (χ0) is 17.8. The van der Waals surface area contributed by atoms with E-state index < -0.39 is 0 Å². The van der Waals surface area contributed by atoms with Crippen LogP contribution in [-0.4, -0.2) is 10.7 Å². The van der Waals surface area contributed by atoms with Gasteiger partial charge in [-0.15, -0.1) is 11.3 Å². The smallest absolute Gasteiger partial charge is 0.196 e. The van der Waals surface area contributed by atoms with Gasteiger partial charge < -0.3 is 0 Å². The summed E-state index contributed by atoms with van der Waals surface area (Å²) in [6.07, 6.45) is 0. The van der Waals surface area contributed by atoms with Crippen LogP contribution in [-0.2, 0) is 0 Å². The average molecular weight is 387 g/mol. The van der Waals surface area contributed by atoms with Crippen molar-refractivity contribution < 1.29 is 0 Å². The molecule has 0 aliphatic rings. The molecule has 0 amide bonds. The summed E-state index contributed by atoms with van der Waals surface area (Å²) in [5, 5.41) is 16.9. The second kappa shape index (κ2) is 7.66. The highest BCUT2D eigenvalue weighted by atomic mass is 35.5. The molecule has 2 aromatic carbocycles. The molecule has 1 N–H and O–H groups in total. The van der Waals surface area contributed by atoms with Gasteiger partial charge in [0, 0.05) is 10.9 Å². The van der Waals surface area contributed by atoms with E-state index in [1.54, 1.807) is 12.1 Å². The van der Waals surface area contributed by atoms with Crippen molar-refractivity contribution in [3.8, 4) is 17.3 Å². The molecule has 0 saturated heterocycles. The van der Waals surface area contributed by atoms with Crippen molar-refractivity contribution in [2.24, 2.45) is 5.10 Å². The molecule has 1 heterocycles. The number of aromatic nitrogens is 1. The zero-order valence-corrected chi connectivity index (χ0v) is 15.5. The first-order chi connectivity index (χ1) is 12.1. The summed E-state index contributed by atoms with van der Waals surface area (Å²) in [5.41, 5.74) is 6.59. The quantitative estimate of drug-likeness (QED) is 0.457. The molecular formula is C18H12Cl2N4S. The zero-order valence-electron chi connectivity index (χ0n) is 13.1. The van der Waals surface area contributed by atoms with Gasteiger partial charge in [0.05, 0.1) is 21.4 Å².